The van der Waals surface area contributed by atoms with E-state index in [1.165, 1.54) is 11.3 Å². The van der Waals surface area contributed by atoms with Crippen LogP contribution in [-0.2, 0) is 4.74 Å². The van der Waals surface area contributed by atoms with Crippen LogP contribution < -0.4 is 20.7 Å². The molecule has 1 amide bonds. The van der Waals surface area contributed by atoms with E-state index in [1.807, 2.05) is 0 Å². The van der Waals surface area contributed by atoms with Crippen molar-refractivity contribution in [3.63, 3.8) is 0 Å². The second kappa shape index (κ2) is 7.00. The number of nitrogens with zero attached hydrogens (tertiary/aromatic N) is 1. The maximum atomic E-state index is 11.9. The Morgan fingerprint density at radius 3 is 2.90 bits per heavy atom. The summed E-state index contributed by atoms with van der Waals surface area (Å²) < 4.78 is 11.1. The van der Waals surface area contributed by atoms with Crippen LogP contribution in [0.15, 0.2) is 0 Å². The third-order valence-corrected chi connectivity index (χ3v) is 4.88. The van der Waals surface area contributed by atoms with Gasteiger partial charge in [0.25, 0.3) is 5.91 Å². The SMILES string of the molecule is CCN(CC1CCCO1)c1sc(C(=O)NC)c(N)c1OC. The molecule has 0 aromatic carbocycles. The number of likely N-dealkylation sites (N-methyl/N-ethyl adjacent to an activating group) is 1. The van der Waals surface area contributed by atoms with Gasteiger partial charge in [-0.2, -0.15) is 0 Å². The smallest absolute Gasteiger partial charge is 0.263 e. The number of methoxy groups -OCH3 is 1. The van der Waals surface area contributed by atoms with E-state index in [1.54, 1.807) is 14.2 Å². The van der Waals surface area contributed by atoms with Crippen molar-refractivity contribution in [2.45, 2.75) is 25.9 Å². The highest BCUT2D eigenvalue weighted by molar-refractivity contribution is 7.19. The summed E-state index contributed by atoms with van der Waals surface area (Å²) in [6.07, 6.45) is 2.42. The molecule has 1 atom stereocenters. The summed E-state index contributed by atoms with van der Waals surface area (Å²) in [5.74, 6) is 0.397. The second-order valence-corrected chi connectivity index (χ2v) is 5.94. The van der Waals surface area contributed by atoms with Crippen LogP contribution in [0.3, 0.4) is 0 Å². The number of carbonyl (C=O) groups excluding carboxylic acids is 1. The highest BCUT2D eigenvalue weighted by atomic mass is 32.1. The normalized spacial score (nSPS) is 17.8. The minimum Gasteiger partial charge on any atom is -0.492 e. The number of nitrogens with one attached hydrogen (secondary N) is 1. The summed E-state index contributed by atoms with van der Waals surface area (Å²) in [5, 5.41) is 3.50. The molecule has 1 aromatic rings. The molecule has 0 aliphatic carbocycles. The molecular formula is C14H23N3O3S. The monoisotopic (exact) mass is 313 g/mol. The van der Waals surface area contributed by atoms with E-state index in [4.69, 9.17) is 15.2 Å². The standard InChI is InChI=1S/C14H23N3O3S/c1-4-17(8-9-6-5-7-20-9)14-11(19-3)10(15)12(21-14)13(18)16-2/h9H,4-8,15H2,1-3H3,(H,16,18). The fourth-order valence-electron chi connectivity index (χ4n) is 2.49. The van der Waals surface area contributed by atoms with E-state index in [0.29, 0.717) is 16.3 Å². The van der Waals surface area contributed by atoms with Gasteiger partial charge in [-0.05, 0) is 19.8 Å². The number of rotatable bonds is 6. The Morgan fingerprint density at radius 2 is 2.38 bits per heavy atom. The Bertz CT molecular complexity index is 498. The van der Waals surface area contributed by atoms with Crippen LogP contribution in [0, 0.1) is 0 Å². The topological polar surface area (TPSA) is 76.8 Å². The molecule has 0 saturated carbocycles. The highest BCUT2D eigenvalue weighted by Gasteiger charge is 2.26. The number of amides is 1. The van der Waals surface area contributed by atoms with Crippen molar-refractivity contribution in [2.24, 2.45) is 0 Å². The summed E-state index contributed by atoms with van der Waals surface area (Å²) >= 11 is 1.37. The first-order valence-corrected chi connectivity index (χ1v) is 7.98. The third kappa shape index (κ3) is 3.24. The van der Waals surface area contributed by atoms with Crippen molar-refractivity contribution in [1.29, 1.82) is 0 Å². The zero-order valence-electron chi connectivity index (χ0n) is 12.8. The average Bonchev–Trinajstić information content (AvgIpc) is 3.11. The summed E-state index contributed by atoms with van der Waals surface area (Å²) in [5.41, 5.74) is 6.46. The highest BCUT2D eigenvalue weighted by Crippen LogP contribution is 2.44. The van der Waals surface area contributed by atoms with Crippen LogP contribution in [0.4, 0.5) is 10.7 Å². The van der Waals surface area contributed by atoms with Gasteiger partial charge in [0.15, 0.2) is 5.75 Å². The zero-order chi connectivity index (χ0) is 15.4. The van der Waals surface area contributed by atoms with Crippen LogP contribution in [0.2, 0.25) is 0 Å². The van der Waals surface area contributed by atoms with Gasteiger partial charge in [-0.1, -0.05) is 0 Å². The van der Waals surface area contributed by atoms with Gasteiger partial charge in [-0.25, -0.2) is 0 Å². The van der Waals surface area contributed by atoms with E-state index < -0.39 is 0 Å². The molecule has 1 aliphatic rings. The Kier molecular flexibility index (Phi) is 5.30. The number of anilines is 2. The largest absolute Gasteiger partial charge is 0.492 e. The number of thiophene rings is 1. The number of hydrogen-bond donors (Lipinski definition) is 2. The van der Waals surface area contributed by atoms with E-state index in [9.17, 15) is 4.79 Å². The van der Waals surface area contributed by atoms with Crippen molar-refractivity contribution in [2.75, 3.05) is 44.5 Å². The van der Waals surface area contributed by atoms with E-state index >= 15 is 0 Å². The molecule has 1 aliphatic heterocycles. The number of ether oxygens (including phenoxy) is 2. The molecule has 1 fully saturated rings. The number of carbonyl (C=O) groups is 1. The summed E-state index contributed by atoms with van der Waals surface area (Å²) in [6, 6.07) is 0. The molecule has 21 heavy (non-hydrogen) atoms. The van der Waals surface area contributed by atoms with Gasteiger partial charge in [0.05, 0.1) is 13.2 Å². The molecule has 118 valence electrons. The lowest BCUT2D eigenvalue weighted by Crippen LogP contribution is -2.31. The number of nitrogen functional groups attached to an aromatic ring is 1. The summed E-state index contributed by atoms with van der Waals surface area (Å²) in [6.45, 7) is 4.50. The molecule has 0 radical (unpaired) electrons. The molecule has 0 spiro atoms. The minimum atomic E-state index is -0.185. The molecule has 0 bridgehead atoms. The number of hydrogen-bond acceptors (Lipinski definition) is 6. The Labute approximate surface area is 129 Å². The summed E-state index contributed by atoms with van der Waals surface area (Å²) in [7, 11) is 3.17. The maximum absolute atomic E-state index is 11.9. The first-order valence-electron chi connectivity index (χ1n) is 7.17. The summed E-state index contributed by atoms with van der Waals surface area (Å²) in [4.78, 5) is 14.6. The van der Waals surface area contributed by atoms with Crippen LogP contribution >= 0.6 is 11.3 Å². The molecule has 6 nitrogen and oxygen atoms in total. The molecular weight excluding hydrogens is 290 g/mol. The Hall–Kier alpha value is -1.47. The fraction of sp³-hybridized carbons (Fsp3) is 0.643. The van der Waals surface area contributed by atoms with Crippen molar-refractivity contribution in [1.82, 2.24) is 5.32 Å². The van der Waals surface area contributed by atoms with E-state index in [0.717, 1.165) is 37.5 Å². The first kappa shape index (κ1) is 15.9. The van der Waals surface area contributed by atoms with Gasteiger partial charge in [-0.15, -0.1) is 11.3 Å². The molecule has 1 aromatic heterocycles. The van der Waals surface area contributed by atoms with Crippen molar-refractivity contribution >= 4 is 27.9 Å². The van der Waals surface area contributed by atoms with Gasteiger partial charge in [0.2, 0.25) is 0 Å². The van der Waals surface area contributed by atoms with Gasteiger partial charge >= 0.3 is 0 Å². The maximum Gasteiger partial charge on any atom is 0.263 e. The van der Waals surface area contributed by atoms with E-state index in [-0.39, 0.29) is 12.0 Å². The van der Waals surface area contributed by atoms with Gasteiger partial charge < -0.3 is 25.4 Å². The lowest BCUT2D eigenvalue weighted by Gasteiger charge is -2.25. The Morgan fingerprint density at radius 1 is 1.62 bits per heavy atom. The lowest BCUT2D eigenvalue weighted by atomic mass is 10.2. The minimum absolute atomic E-state index is 0.185. The van der Waals surface area contributed by atoms with E-state index in [2.05, 4.69) is 17.1 Å². The quantitative estimate of drug-likeness (QED) is 0.836. The lowest BCUT2D eigenvalue weighted by molar-refractivity contribution is 0.0967. The fourth-order valence-corrected chi connectivity index (χ4v) is 3.70. The van der Waals surface area contributed by atoms with Gasteiger partial charge in [0.1, 0.15) is 15.6 Å². The zero-order valence-corrected chi connectivity index (χ0v) is 13.6. The number of nitrogens with two attached hydrogens (primary N) is 1. The van der Waals surface area contributed by atoms with Crippen molar-refractivity contribution < 1.29 is 14.3 Å². The second-order valence-electron chi connectivity index (χ2n) is 4.94. The van der Waals surface area contributed by atoms with Gasteiger partial charge in [-0.3, -0.25) is 4.79 Å². The molecule has 3 N–H and O–H groups in total. The van der Waals surface area contributed by atoms with Crippen molar-refractivity contribution in [3.05, 3.63) is 4.88 Å². The van der Waals surface area contributed by atoms with Crippen LogP contribution in [0.1, 0.15) is 29.4 Å². The molecule has 2 rings (SSSR count). The van der Waals surface area contributed by atoms with Gasteiger partial charge in [0, 0.05) is 26.7 Å². The molecule has 7 heteroatoms. The predicted octanol–water partition coefficient (Wildman–Crippen LogP) is 1.70. The first-order chi connectivity index (χ1) is 10.1. The van der Waals surface area contributed by atoms with Crippen LogP contribution in [0.5, 0.6) is 5.75 Å². The van der Waals surface area contributed by atoms with Crippen LogP contribution in [0.25, 0.3) is 0 Å². The third-order valence-electron chi connectivity index (χ3n) is 3.64. The van der Waals surface area contributed by atoms with Crippen LogP contribution in [-0.4, -0.2) is 45.9 Å². The van der Waals surface area contributed by atoms with Crippen molar-refractivity contribution in [3.8, 4) is 5.75 Å². The predicted molar refractivity (Wildman–Crippen MR) is 85.5 cm³/mol. The average molecular weight is 313 g/mol. The Balaban J connectivity index is 2.28. The molecule has 1 unspecified atom stereocenters. The molecule has 1 saturated heterocycles. The molecule has 2 heterocycles.